The molecular formula is C48H34N4. The fraction of sp³-hybridized carbons (Fsp3) is 0.0417. The Kier molecular flexibility index (Phi) is 6.90. The highest BCUT2D eigenvalue weighted by Crippen LogP contribution is 2.38. The second-order valence-electron chi connectivity index (χ2n) is 13.7. The van der Waals surface area contributed by atoms with Crippen LogP contribution in [0.2, 0.25) is 0 Å². The van der Waals surface area contributed by atoms with Crippen molar-refractivity contribution in [3.63, 3.8) is 0 Å². The zero-order valence-electron chi connectivity index (χ0n) is 29.0. The van der Waals surface area contributed by atoms with E-state index in [0.717, 1.165) is 61.5 Å². The van der Waals surface area contributed by atoms with Gasteiger partial charge in [0.15, 0.2) is 5.82 Å². The molecular weight excluding hydrogens is 633 g/mol. The second-order valence-corrected chi connectivity index (χ2v) is 13.7. The minimum atomic E-state index is 0.677. The largest absolute Gasteiger partial charge is 0.309 e. The standard InChI is InChI=1S/C48H34N4/c1-31-21-23-46-40(25-31)38-17-9-11-19-44(38)51(46)36-27-35(28-37(29-36)52-45-20-12-10-18-39(45)41-26-32(2)22-24-47(41)52)48-49-42(33-13-5-3-6-14-33)30-43(50-48)34-15-7-4-8-16-34/h3-30H,1-2H3. The van der Waals surface area contributed by atoms with E-state index in [0.29, 0.717) is 5.82 Å². The highest BCUT2D eigenvalue weighted by molar-refractivity contribution is 6.11. The Hall–Kier alpha value is -6.78. The lowest BCUT2D eigenvalue weighted by Gasteiger charge is -2.16. The molecule has 4 heteroatoms. The van der Waals surface area contributed by atoms with Crippen molar-refractivity contribution in [1.82, 2.24) is 19.1 Å². The minimum absolute atomic E-state index is 0.677. The van der Waals surface area contributed by atoms with Crippen LogP contribution >= 0.6 is 0 Å². The zero-order valence-corrected chi connectivity index (χ0v) is 29.0. The van der Waals surface area contributed by atoms with Crippen LogP contribution in [0, 0.1) is 13.8 Å². The third kappa shape index (κ3) is 4.91. The quantitative estimate of drug-likeness (QED) is 0.183. The Bertz CT molecular complexity index is 2770. The van der Waals surface area contributed by atoms with Crippen LogP contribution in [-0.2, 0) is 0 Å². The van der Waals surface area contributed by atoms with Gasteiger partial charge in [-0.15, -0.1) is 0 Å². The van der Waals surface area contributed by atoms with Crippen LogP contribution < -0.4 is 0 Å². The summed E-state index contributed by atoms with van der Waals surface area (Å²) >= 11 is 0. The van der Waals surface area contributed by atoms with Gasteiger partial charge in [-0.1, -0.05) is 120 Å². The molecule has 0 atom stereocenters. The van der Waals surface area contributed by atoms with Crippen LogP contribution in [0.5, 0.6) is 0 Å². The summed E-state index contributed by atoms with van der Waals surface area (Å²) in [4.78, 5) is 10.6. The predicted molar refractivity (Wildman–Crippen MR) is 216 cm³/mol. The summed E-state index contributed by atoms with van der Waals surface area (Å²) in [6.45, 7) is 4.32. The van der Waals surface area contributed by atoms with Crippen molar-refractivity contribution in [2.24, 2.45) is 0 Å². The van der Waals surface area contributed by atoms with Gasteiger partial charge in [0.1, 0.15) is 0 Å². The number of hydrogen-bond donors (Lipinski definition) is 0. The molecule has 0 saturated carbocycles. The number of rotatable bonds is 5. The van der Waals surface area contributed by atoms with E-state index < -0.39 is 0 Å². The fourth-order valence-corrected chi connectivity index (χ4v) is 7.80. The number of aromatic nitrogens is 4. The number of aryl methyl sites for hydroxylation is 2. The van der Waals surface area contributed by atoms with Gasteiger partial charge in [-0.3, -0.25) is 0 Å². The van der Waals surface area contributed by atoms with Crippen LogP contribution in [0.25, 0.3) is 88.9 Å². The Morgan fingerprint density at radius 2 is 0.769 bits per heavy atom. The van der Waals surface area contributed by atoms with Crippen LogP contribution in [0.4, 0.5) is 0 Å². The first-order valence-electron chi connectivity index (χ1n) is 17.7. The zero-order chi connectivity index (χ0) is 34.8. The van der Waals surface area contributed by atoms with Crippen LogP contribution in [0.1, 0.15) is 11.1 Å². The van der Waals surface area contributed by atoms with Gasteiger partial charge >= 0.3 is 0 Å². The molecule has 4 nitrogen and oxygen atoms in total. The van der Waals surface area contributed by atoms with E-state index in [1.54, 1.807) is 0 Å². The fourth-order valence-electron chi connectivity index (χ4n) is 7.80. The molecule has 0 fully saturated rings. The lowest BCUT2D eigenvalue weighted by Crippen LogP contribution is -2.02. The van der Waals surface area contributed by atoms with Crippen molar-refractivity contribution >= 4 is 43.6 Å². The molecule has 0 saturated heterocycles. The van der Waals surface area contributed by atoms with Crippen LogP contribution in [-0.4, -0.2) is 19.1 Å². The molecule has 0 aliphatic heterocycles. The van der Waals surface area contributed by atoms with Crippen LogP contribution in [0.3, 0.4) is 0 Å². The normalized spacial score (nSPS) is 11.7. The average Bonchev–Trinajstić information content (AvgIpc) is 3.70. The van der Waals surface area contributed by atoms with Gasteiger partial charge < -0.3 is 9.13 Å². The smallest absolute Gasteiger partial charge is 0.160 e. The molecule has 0 aliphatic carbocycles. The van der Waals surface area contributed by atoms with E-state index in [9.17, 15) is 0 Å². The van der Waals surface area contributed by atoms with Gasteiger partial charge in [0, 0.05) is 49.6 Å². The molecule has 3 heterocycles. The van der Waals surface area contributed by atoms with Gasteiger partial charge in [-0.2, -0.15) is 0 Å². The molecule has 0 N–H and O–H groups in total. The number of para-hydroxylation sites is 2. The summed E-state index contributed by atoms with van der Waals surface area (Å²) in [5.74, 6) is 0.677. The first-order valence-corrected chi connectivity index (χ1v) is 17.7. The molecule has 0 bridgehead atoms. The molecule has 246 valence electrons. The maximum absolute atomic E-state index is 5.29. The highest BCUT2D eigenvalue weighted by atomic mass is 15.0. The van der Waals surface area contributed by atoms with Gasteiger partial charge in [-0.25, -0.2) is 9.97 Å². The van der Waals surface area contributed by atoms with Gasteiger partial charge in [0.05, 0.1) is 33.5 Å². The minimum Gasteiger partial charge on any atom is -0.309 e. The number of nitrogens with zero attached hydrogens (tertiary/aromatic N) is 4. The maximum Gasteiger partial charge on any atom is 0.160 e. The van der Waals surface area contributed by atoms with Crippen molar-refractivity contribution < 1.29 is 0 Å². The van der Waals surface area contributed by atoms with Crippen LogP contribution in [0.15, 0.2) is 170 Å². The summed E-state index contributed by atoms with van der Waals surface area (Å²) < 4.78 is 4.79. The topological polar surface area (TPSA) is 35.6 Å². The highest BCUT2D eigenvalue weighted by Gasteiger charge is 2.19. The first-order chi connectivity index (χ1) is 25.6. The van der Waals surface area contributed by atoms with Gasteiger partial charge in [0.2, 0.25) is 0 Å². The van der Waals surface area contributed by atoms with Crippen molar-refractivity contribution in [1.29, 1.82) is 0 Å². The molecule has 52 heavy (non-hydrogen) atoms. The molecule has 3 aromatic heterocycles. The van der Waals surface area contributed by atoms with E-state index in [-0.39, 0.29) is 0 Å². The number of benzene rings is 7. The van der Waals surface area contributed by atoms with E-state index in [1.807, 2.05) is 12.1 Å². The summed E-state index contributed by atoms with van der Waals surface area (Å²) in [6.07, 6.45) is 0. The maximum atomic E-state index is 5.29. The van der Waals surface area contributed by atoms with Gasteiger partial charge in [0.25, 0.3) is 0 Å². The first kappa shape index (κ1) is 30.1. The monoisotopic (exact) mass is 666 g/mol. The SMILES string of the molecule is Cc1ccc2c(c1)c1ccccc1n2-c1cc(-c2nc(-c3ccccc3)cc(-c3ccccc3)n2)cc(-n2c3ccccc3c3cc(C)ccc32)c1. The molecule has 0 amide bonds. The van der Waals surface area contributed by atoms with E-state index in [1.165, 1.54) is 32.7 Å². The van der Waals surface area contributed by atoms with E-state index in [2.05, 4.69) is 181 Å². The third-order valence-corrected chi connectivity index (χ3v) is 10.2. The molecule has 10 rings (SSSR count). The Morgan fingerprint density at radius 3 is 1.25 bits per heavy atom. The van der Waals surface area contributed by atoms with Crippen molar-refractivity contribution in [2.75, 3.05) is 0 Å². The Labute approximate surface area is 301 Å². The molecule has 7 aromatic carbocycles. The van der Waals surface area contributed by atoms with E-state index >= 15 is 0 Å². The van der Waals surface area contributed by atoms with Crippen molar-refractivity contribution in [3.05, 3.63) is 181 Å². The second kappa shape index (κ2) is 11.9. The summed E-state index contributed by atoms with van der Waals surface area (Å²) in [5, 5.41) is 4.94. The number of fused-ring (bicyclic) bond motifs is 6. The summed E-state index contributed by atoms with van der Waals surface area (Å²) in [7, 11) is 0. The molecule has 0 aliphatic rings. The van der Waals surface area contributed by atoms with E-state index in [4.69, 9.17) is 9.97 Å². The van der Waals surface area contributed by atoms with Gasteiger partial charge in [-0.05, 0) is 74.5 Å². The molecule has 0 unspecified atom stereocenters. The molecule has 0 spiro atoms. The Morgan fingerprint density at radius 1 is 0.346 bits per heavy atom. The van der Waals surface area contributed by atoms with Crippen molar-refractivity contribution in [3.8, 4) is 45.3 Å². The molecule has 10 aromatic rings. The summed E-state index contributed by atoms with van der Waals surface area (Å²) in [6, 6.07) is 60.6. The van der Waals surface area contributed by atoms with Crippen molar-refractivity contribution in [2.45, 2.75) is 13.8 Å². The summed E-state index contributed by atoms with van der Waals surface area (Å²) in [5.41, 5.74) is 14.0. The number of hydrogen-bond acceptors (Lipinski definition) is 2. The third-order valence-electron chi connectivity index (χ3n) is 10.2. The average molecular weight is 667 g/mol. The lowest BCUT2D eigenvalue weighted by molar-refractivity contribution is 1.12. The lowest BCUT2D eigenvalue weighted by atomic mass is 10.1. The Balaban J connectivity index is 1.32. The predicted octanol–water partition coefficient (Wildman–Crippen LogP) is 12.3. The molecule has 0 radical (unpaired) electrons.